The summed E-state index contributed by atoms with van der Waals surface area (Å²) in [5.74, 6) is 0. The highest BCUT2D eigenvalue weighted by molar-refractivity contribution is 7.80. The van der Waals surface area contributed by atoms with Gasteiger partial charge in [0.2, 0.25) is 0 Å². The Balaban J connectivity index is 2.00. The molecule has 0 radical (unpaired) electrons. The van der Waals surface area contributed by atoms with Crippen molar-refractivity contribution in [3.8, 4) is 0 Å². The SMILES string of the molecule is Cc1cnc(NC(=S)Nc2ccc(Cl)c(Cl)c2)s1. The molecule has 18 heavy (non-hydrogen) atoms. The van der Waals surface area contributed by atoms with E-state index in [9.17, 15) is 0 Å². The Morgan fingerprint density at radius 2 is 2.06 bits per heavy atom. The van der Waals surface area contributed by atoms with E-state index in [2.05, 4.69) is 15.6 Å². The van der Waals surface area contributed by atoms with E-state index < -0.39 is 0 Å². The Kier molecular flexibility index (Phi) is 4.40. The molecule has 0 fully saturated rings. The van der Waals surface area contributed by atoms with Crippen LogP contribution < -0.4 is 10.6 Å². The lowest BCUT2D eigenvalue weighted by Gasteiger charge is -2.08. The number of benzene rings is 1. The Bertz CT molecular complexity index is 583. The summed E-state index contributed by atoms with van der Waals surface area (Å²) in [7, 11) is 0. The zero-order valence-electron chi connectivity index (χ0n) is 9.33. The predicted molar refractivity (Wildman–Crippen MR) is 83.2 cm³/mol. The predicted octanol–water partition coefficient (Wildman–Crippen LogP) is 4.57. The first-order valence-corrected chi connectivity index (χ1v) is 6.98. The van der Waals surface area contributed by atoms with Crippen LogP contribution in [0.3, 0.4) is 0 Å². The fourth-order valence-electron chi connectivity index (χ4n) is 1.25. The number of thiazole rings is 1. The molecule has 0 aliphatic rings. The first-order chi connectivity index (χ1) is 8.54. The van der Waals surface area contributed by atoms with Crippen molar-refractivity contribution >= 4 is 62.7 Å². The van der Waals surface area contributed by atoms with Gasteiger partial charge in [0.1, 0.15) is 0 Å². The molecule has 3 nitrogen and oxygen atoms in total. The van der Waals surface area contributed by atoms with Gasteiger partial charge in [-0.3, -0.25) is 0 Å². The molecule has 0 aliphatic heterocycles. The zero-order chi connectivity index (χ0) is 13.1. The first kappa shape index (κ1) is 13.5. The fourth-order valence-corrected chi connectivity index (χ4v) is 2.49. The average molecular weight is 318 g/mol. The summed E-state index contributed by atoms with van der Waals surface area (Å²) < 4.78 is 0. The molecule has 0 spiro atoms. The normalized spacial score (nSPS) is 10.2. The molecule has 0 amide bonds. The number of nitrogens with one attached hydrogen (secondary N) is 2. The summed E-state index contributed by atoms with van der Waals surface area (Å²) >= 11 is 18.5. The Labute approximate surface area is 124 Å². The van der Waals surface area contributed by atoms with Gasteiger partial charge in [0, 0.05) is 16.8 Å². The first-order valence-electron chi connectivity index (χ1n) is 5.00. The molecule has 1 aromatic carbocycles. The third-order valence-electron chi connectivity index (χ3n) is 2.02. The van der Waals surface area contributed by atoms with Crippen molar-refractivity contribution in [3.05, 3.63) is 39.3 Å². The van der Waals surface area contributed by atoms with E-state index in [-0.39, 0.29) is 0 Å². The van der Waals surface area contributed by atoms with Gasteiger partial charge in [-0.05, 0) is 37.3 Å². The second-order valence-corrected chi connectivity index (χ2v) is 5.94. The monoisotopic (exact) mass is 317 g/mol. The van der Waals surface area contributed by atoms with Crippen LogP contribution in [-0.4, -0.2) is 10.1 Å². The molecule has 0 atom stereocenters. The van der Waals surface area contributed by atoms with E-state index in [0.717, 1.165) is 15.7 Å². The molecule has 94 valence electrons. The number of anilines is 2. The van der Waals surface area contributed by atoms with Gasteiger partial charge in [0.25, 0.3) is 0 Å². The summed E-state index contributed by atoms with van der Waals surface area (Å²) in [5, 5.41) is 8.22. The largest absolute Gasteiger partial charge is 0.332 e. The topological polar surface area (TPSA) is 37.0 Å². The molecule has 2 N–H and O–H groups in total. The quantitative estimate of drug-likeness (QED) is 0.796. The van der Waals surface area contributed by atoms with Crippen LogP contribution in [0, 0.1) is 6.92 Å². The summed E-state index contributed by atoms with van der Waals surface area (Å²) in [6, 6.07) is 5.22. The minimum atomic E-state index is 0.461. The minimum Gasteiger partial charge on any atom is -0.332 e. The maximum absolute atomic E-state index is 5.91. The zero-order valence-corrected chi connectivity index (χ0v) is 12.5. The summed E-state index contributed by atoms with van der Waals surface area (Å²) in [6.45, 7) is 1.98. The van der Waals surface area contributed by atoms with Crippen LogP contribution in [0.1, 0.15) is 4.88 Å². The summed E-state index contributed by atoms with van der Waals surface area (Å²) in [5.41, 5.74) is 0.773. The van der Waals surface area contributed by atoms with Gasteiger partial charge in [0.15, 0.2) is 10.2 Å². The third kappa shape index (κ3) is 3.55. The van der Waals surface area contributed by atoms with Gasteiger partial charge in [0.05, 0.1) is 10.0 Å². The van der Waals surface area contributed by atoms with E-state index in [0.29, 0.717) is 15.2 Å². The van der Waals surface area contributed by atoms with Gasteiger partial charge in [-0.2, -0.15) is 0 Å². The Hall–Kier alpha value is -0.880. The molecule has 0 saturated heterocycles. The van der Waals surface area contributed by atoms with Gasteiger partial charge in [-0.25, -0.2) is 4.98 Å². The van der Waals surface area contributed by atoms with E-state index in [1.165, 1.54) is 11.3 Å². The lowest BCUT2D eigenvalue weighted by Crippen LogP contribution is -2.18. The highest BCUT2D eigenvalue weighted by Gasteiger charge is 2.04. The van der Waals surface area contributed by atoms with Crippen LogP contribution in [-0.2, 0) is 0 Å². The van der Waals surface area contributed by atoms with Crippen molar-refractivity contribution in [1.82, 2.24) is 4.98 Å². The summed E-state index contributed by atoms with van der Waals surface area (Å²) in [6.07, 6.45) is 1.79. The van der Waals surface area contributed by atoms with Crippen molar-refractivity contribution in [1.29, 1.82) is 0 Å². The Morgan fingerprint density at radius 1 is 1.28 bits per heavy atom. The van der Waals surface area contributed by atoms with Crippen LogP contribution in [0.4, 0.5) is 10.8 Å². The van der Waals surface area contributed by atoms with Crippen LogP contribution in [0.25, 0.3) is 0 Å². The number of thiocarbonyl (C=S) groups is 1. The minimum absolute atomic E-state index is 0.461. The second kappa shape index (κ2) is 5.84. The molecule has 7 heteroatoms. The van der Waals surface area contributed by atoms with E-state index >= 15 is 0 Å². The molecule has 2 rings (SSSR count). The third-order valence-corrected chi connectivity index (χ3v) is 3.79. The number of aromatic nitrogens is 1. The maximum Gasteiger partial charge on any atom is 0.189 e. The Morgan fingerprint density at radius 3 is 2.67 bits per heavy atom. The van der Waals surface area contributed by atoms with Crippen LogP contribution in [0.5, 0.6) is 0 Å². The number of hydrogen-bond acceptors (Lipinski definition) is 3. The van der Waals surface area contributed by atoms with Crippen LogP contribution in [0.15, 0.2) is 24.4 Å². The molecule has 0 unspecified atom stereocenters. The van der Waals surface area contributed by atoms with E-state index in [1.807, 2.05) is 6.92 Å². The smallest absolute Gasteiger partial charge is 0.189 e. The maximum atomic E-state index is 5.91. The van der Waals surface area contributed by atoms with Gasteiger partial charge >= 0.3 is 0 Å². The van der Waals surface area contributed by atoms with Crippen molar-refractivity contribution in [2.45, 2.75) is 6.92 Å². The van der Waals surface area contributed by atoms with Crippen molar-refractivity contribution < 1.29 is 0 Å². The molecule has 2 aromatic rings. The number of hydrogen-bond donors (Lipinski definition) is 2. The lowest BCUT2D eigenvalue weighted by molar-refractivity contribution is 1.38. The molecular formula is C11H9Cl2N3S2. The molecule has 0 saturated carbocycles. The summed E-state index contributed by atoms with van der Waals surface area (Å²) in [4.78, 5) is 5.28. The van der Waals surface area contributed by atoms with Crippen molar-refractivity contribution in [2.75, 3.05) is 10.6 Å². The fraction of sp³-hybridized carbons (Fsp3) is 0.0909. The highest BCUT2D eigenvalue weighted by atomic mass is 35.5. The van der Waals surface area contributed by atoms with Gasteiger partial charge in [-0.1, -0.05) is 23.2 Å². The molecule has 0 bridgehead atoms. The standard InChI is InChI=1S/C11H9Cl2N3S2/c1-6-5-14-11(18-6)16-10(17)15-7-2-3-8(12)9(13)4-7/h2-5H,1H3,(H2,14,15,16,17). The second-order valence-electron chi connectivity index (χ2n) is 3.48. The van der Waals surface area contributed by atoms with E-state index in [4.69, 9.17) is 35.4 Å². The van der Waals surface area contributed by atoms with Crippen molar-refractivity contribution in [3.63, 3.8) is 0 Å². The molecular weight excluding hydrogens is 309 g/mol. The number of nitrogens with zero attached hydrogens (tertiary/aromatic N) is 1. The van der Waals surface area contributed by atoms with Crippen molar-refractivity contribution in [2.24, 2.45) is 0 Å². The average Bonchev–Trinajstić information content (AvgIpc) is 2.69. The number of aryl methyl sites for hydroxylation is 1. The molecule has 1 heterocycles. The van der Waals surface area contributed by atoms with Crippen LogP contribution >= 0.6 is 46.8 Å². The lowest BCUT2D eigenvalue weighted by atomic mass is 10.3. The number of halogens is 2. The highest BCUT2D eigenvalue weighted by Crippen LogP contribution is 2.25. The van der Waals surface area contributed by atoms with Gasteiger partial charge in [-0.15, -0.1) is 11.3 Å². The molecule has 1 aromatic heterocycles. The number of rotatable bonds is 2. The molecule has 0 aliphatic carbocycles. The van der Waals surface area contributed by atoms with Crippen LogP contribution in [0.2, 0.25) is 10.0 Å². The van der Waals surface area contributed by atoms with E-state index in [1.54, 1.807) is 24.4 Å². The van der Waals surface area contributed by atoms with Gasteiger partial charge < -0.3 is 10.6 Å².